The van der Waals surface area contributed by atoms with E-state index >= 15 is 0 Å². The number of nitrogens with two attached hydrogens (primary N) is 1. The van der Waals surface area contributed by atoms with E-state index in [2.05, 4.69) is 44.3 Å². The van der Waals surface area contributed by atoms with Gasteiger partial charge in [0, 0.05) is 65.6 Å². The quantitative estimate of drug-likeness (QED) is 0.0562. The first-order chi connectivity index (χ1) is 21.7. The molecule has 0 spiro atoms. The van der Waals surface area contributed by atoms with Crippen LogP contribution in [0.4, 0.5) is 5.82 Å². The topological polar surface area (TPSA) is 170 Å². The van der Waals surface area contributed by atoms with E-state index in [4.69, 9.17) is 10.9 Å². The summed E-state index contributed by atoms with van der Waals surface area (Å²) in [6.45, 7) is 6.38. The highest BCUT2D eigenvalue weighted by Crippen LogP contribution is 2.23. The summed E-state index contributed by atoms with van der Waals surface area (Å²) in [4.78, 5) is 42.0. The number of amides is 3. The lowest BCUT2D eigenvalue weighted by atomic mass is 10.0. The third-order valence-corrected chi connectivity index (χ3v) is 7.10. The van der Waals surface area contributed by atoms with Crippen LogP contribution in [0.5, 0.6) is 0 Å². The zero-order valence-corrected chi connectivity index (χ0v) is 25.7. The van der Waals surface area contributed by atoms with Crippen LogP contribution in [-0.4, -0.2) is 70.2 Å². The maximum Gasteiger partial charge on any atom is 0.251 e. The lowest BCUT2D eigenvalue weighted by Gasteiger charge is -2.22. The molecule has 3 amide bonds. The molecule has 7 N–H and O–H groups in total. The number of nitrogens with zero attached hydrogens (tertiary/aromatic N) is 2. The number of aromatic nitrogens is 1. The van der Waals surface area contributed by atoms with Crippen LogP contribution >= 0.6 is 0 Å². The Morgan fingerprint density at radius 3 is 2.31 bits per heavy atom. The Morgan fingerprint density at radius 2 is 1.62 bits per heavy atom. The number of fused-ring (bicyclic) bond motifs is 1. The molecule has 0 saturated carbocycles. The number of benzene rings is 2. The van der Waals surface area contributed by atoms with E-state index in [1.54, 1.807) is 35.9 Å². The van der Waals surface area contributed by atoms with E-state index in [1.165, 1.54) is 0 Å². The van der Waals surface area contributed by atoms with Crippen LogP contribution in [0.25, 0.3) is 10.8 Å². The summed E-state index contributed by atoms with van der Waals surface area (Å²) >= 11 is 0. The van der Waals surface area contributed by atoms with Gasteiger partial charge in [-0.1, -0.05) is 38.2 Å². The molecule has 0 aliphatic heterocycles. The molecule has 236 valence electrons. The van der Waals surface area contributed by atoms with Crippen LogP contribution in [-0.2, 0) is 9.59 Å². The number of pyridine rings is 1. The normalized spacial score (nSPS) is 11.1. The predicted molar refractivity (Wildman–Crippen MR) is 173 cm³/mol. The van der Waals surface area contributed by atoms with E-state index in [-0.39, 0.29) is 37.0 Å². The van der Waals surface area contributed by atoms with Crippen molar-refractivity contribution in [1.29, 1.82) is 0 Å². The monoisotopic (exact) mass is 612 g/mol. The van der Waals surface area contributed by atoms with Gasteiger partial charge in [0.1, 0.15) is 5.82 Å². The van der Waals surface area contributed by atoms with E-state index in [9.17, 15) is 19.5 Å². The number of carbonyl (C=O) groups is 3. The minimum absolute atomic E-state index is 0.165. The van der Waals surface area contributed by atoms with Gasteiger partial charge in [-0.05, 0) is 68.2 Å². The minimum atomic E-state index is -0.652. The SMILES string of the molecule is CCN(CC)CC(O)CNC(=O)c1ccc(C#Cc2c(N)ncc3ccc(C#CNC(=O)CCCCCC(=O)NO)cc23)cc1. The summed E-state index contributed by atoms with van der Waals surface area (Å²) in [6, 6.07) is 15.0. The molecule has 0 fully saturated rings. The van der Waals surface area contributed by atoms with Crippen molar-refractivity contribution in [3.05, 3.63) is 70.9 Å². The first kappa shape index (κ1) is 34.5. The predicted octanol–water partition coefficient (Wildman–Crippen LogP) is 2.53. The lowest BCUT2D eigenvalue weighted by molar-refractivity contribution is -0.129. The number of anilines is 1. The summed E-state index contributed by atoms with van der Waals surface area (Å²) in [6.07, 6.45) is 3.36. The zero-order valence-electron chi connectivity index (χ0n) is 25.7. The second-order valence-corrected chi connectivity index (χ2v) is 10.4. The van der Waals surface area contributed by atoms with Crippen molar-refractivity contribution in [3.63, 3.8) is 0 Å². The standard InChI is InChI=1S/C34H40N6O5/c1-3-40(4-2)23-28(41)22-38-34(44)26-14-10-24(11-15-26)13-17-29-30-20-25(12-16-27(30)21-37-33(29)35)18-19-36-31(42)8-6-5-7-9-32(43)39-45/h10-12,14-16,20-21,28,41,45H,3-9,22-23H2,1-2H3,(H2,35,37)(H,36,42)(H,38,44)(H,39,43). The molecule has 1 unspecified atom stereocenters. The maximum absolute atomic E-state index is 12.6. The molecule has 0 aliphatic carbocycles. The number of likely N-dealkylation sites (N-methyl/N-ethyl adjacent to an activating group) is 1. The molecular formula is C34H40N6O5. The van der Waals surface area contributed by atoms with Crippen LogP contribution in [0.3, 0.4) is 0 Å². The number of aliphatic hydroxyl groups excluding tert-OH is 1. The Bertz CT molecular complexity index is 1600. The molecule has 0 bridgehead atoms. The van der Waals surface area contributed by atoms with Crippen LogP contribution < -0.4 is 21.8 Å². The number of rotatable bonds is 13. The molecule has 2 aromatic carbocycles. The molecule has 1 atom stereocenters. The van der Waals surface area contributed by atoms with Gasteiger partial charge in [-0.2, -0.15) is 0 Å². The summed E-state index contributed by atoms with van der Waals surface area (Å²) < 4.78 is 0. The van der Waals surface area contributed by atoms with Gasteiger partial charge < -0.3 is 21.1 Å². The molecule has 1 heterocycles. The molecule has 1 aromatic heterocycles. The van der Waals surface area contributed by atoms with E-state index in [0.717, 1.165) is 23.9 Å². The molecular weight excluding hydrogens is 572 g/mol. The fourth-order valence-corrected chi connectivity index (χ4v) is 4.47. The average Bonchev–Trinajstić information content (AvgIpc) is 3.05. The number of hydrogen-bond acceptors (Lipinski definition) is 8. The van der Waals surface area contributed by atoms with E-state index in [0.29, 0.717) is 48.1 Å². The van der Waals surface area contributed by atoms with Crippen molar-refractivity contribution in [1.82, 2.24) is 26.0 Å². The number of nitrogen functional groups attached to an aromatic ring is 1. The van der Waals surface area contributed by atoms with E-state index < -0.39 is 12.0 Å². The van der Waals surface area contributed by atoms with Gasteiger partial charge in [-0.3, -0.25) is 24.9 Å². The van der Waals surface area contributed by atoms with Crippen molar-refractivity contribution in [2.45, 2.75) is 52.1 Å². The van der Waals surface area contributed by atoms with Gasteiger partial charge in [0.15, 0.2) is 0 Å². The first-order valence-electron chi connectivity index (χ1n) is 15.0. The van der Waals surface area contributed by atoms with Crippen LogP contribution in [0.15, 0.2) is 48.7 Å². The highest BCUT2D eigenvalue weighted by Gasteiger charge is 2.12. The molecule has 3 rings (SSSR count). The van der Waals surface area contributed by atoms with Crippen molar-refractivity contribution in [2.24, 2.45) is 0 Å². The average molecular weight is 613 g/mol. The number of carbonyl (C=O) groups excluding carboxylic acids is 3. The molecule has 0 saturated heterocycles. The molecule has 3 aromatic rings. The molecule has 0 radical (unpaired) electrons. The summed E-state index contributed by atoms with van der Waals surface area (Å²) in [5.41, 5.74) is 10.1. The van der Waals surface area contributed by atoms with Gasteiger partial charge in [0.25, 0.3) is 5.91 Å². The Hall–Kier alpha value is -4.94. The van der Waals surface area contributed by atoms with Crippen LogP contribution in [0.2, 0.25) is 0 Å². The van der Waals surface area contributed by atoms with Gasteiger partial charge in [0.2, 0.25) is 11.8 Å². The maximum atomic E-state index is 12.6. The first-order valence-corrected chi connectivity index (χ1v) is 15.0. The number of aliphatic hydroxyl groups is 1. The second kappa shape index (κ2) is 18.0. The Labute approximate surface area is 263 Å². The third-order valence-electron chi connectivity index (χ3n) is 7.10. The fraction of sp³-hybridized carbons (Fsp3) is 0.353. The zero-order chi connectivity index (χ0) is 32.6. The smallest absolute Gasteiger partial charge is 0.251 e. The molecule has 11 nitrogen and oxygen atoms in total. The minimum Gasteiger partial charge on any atom is -0.390 e. The number of nitrogens with one attached hydrogen (secondary N) is 3. The Kier molecular flexibility index (Phi) is 13.8. The van der Waals surface area contributed by atoms with Gasteiger partial charge in [-0.25, -0.2) is 10.5 Å². The largest absolute Gasteiger partial charge is 0.390 e. The summed E-state index contributed by atoms with van der Waals surface area (Å²) in [7, 11) is 0. The highest BCUT2D eigenvalue weighted by molar-refractivity contribution is 5.94. The summed E-state index contributed by atoms with van der Waals surface area (Å²) in [5.74, 6) is 8.46. The summed E-state index contributed by atoms with van der Waals surface area (Å²) in [5, 5.41) is 25.6. The van der Waals surface area contributed by atoms with Crippen molar-refractivity contribution in [3.8, 4) is 23.8 Å². The molecule has 0 aliphatic rings. The van der Waals surface area contributed by atoms with Gasteiger partial charge >= 0.3 is 0 Å². The van der Waals surface area contributed by atoms with Crippen LogP contribution in [0.1, 0.15) is 73.0 Å². The number of hydrogen-bond donors (Lipinski definition) is 6. The van der Waals surface area contributed by atoms with Gasteiger partial charge in [-0.15, -0.1) is 0 Å². The second-order valence-electron chi connectivity index (χ2n) is 10.4. The van der Waals surface area contributed by atoms with Crippen molar-refractivity contribution >= 4 is 34.3 Å². The third kappa shape index (κ3) is 11.2. The Balaban J connectivity index is 1.63. The van der Waals surface area contributed by atoms with Crippen LogP contribution in [0, 0.1) is 23.8 Å². The lowest BCUT2D eigenvalue weighted by Crippen LogP contribution is -2.40. The molecule has 11 heteroatoms. The van der Waals surface area contributed by atoms with Crippen molar-refractivity contribution in [2.75, 3.05) is 31.9 Å². The van der Waals surface area contributed by atoms with E-state index in [1.807, 2.05) is 32.0 Å². The highest BCUT2D eigenvalue weighted by atomic mass is 16.5. The Morgan fingerprint density at radius 1 is 0.933 bits per heavy atom. The van der Waals surface area contributed by atoms with Gasteiger partial charge in [0.05, 0.1) is 11.7 Å². The number of unbranched alkanes of at least 4 members (excludes halogenated alkanes) is 2. The number of hydroxylamine groups is 1. The van der Waals surface area contributed by atoms with Crippen molar-refractivity contribution < 1.29 is 24.7 Å². The fourth-order valence-electron chi connectivity index (χ4n) is 4.47. The molecule has 45 heavy (non-hydrogen) atoms.